The van der Waals surface area contributed by atoms with E-state index in [9.17, 15) is 13.2 Å². The van der Waals surface area contributed by atoms with Gasteiger partial charge in [0, 0.05) is 24.1 Å². The molecular weight excluding hydrogens is 420 g/mol. The van der Waals surface area contributed by atoms with Crippen molar-refractivity contribution >= 4 is 31.9 Å². The first-order valence-corrected chi connectivity index (χ1v) is 10.1. The van der Waals surface area contributed by atoms with Crippen LogP contribution >= 0.6 is 15.9 Å². The molecule has 0 aliphatic carbocycles. The van der Waals surface area contributed by atoms with Crippen LogP contribution in [0.4, 0.5) is 0 Å². The summed E-state index contributed by atoms with van der Waals surface area (Å²) in [5.41, 5.74) is 1.19. The highest BCUT2D eigenvalue weighted by molar-refractivity contribution is 9.10. The van der Waals surface area contributed by atoms with Crippen molar-refractivity contribution in [3.8, 4) is 5.75 Å². The summed E-state index contributed by atoms with van der Waals surface area (Å²) in [5.74, 6) is -0.172. The second kappa shape index (κ2) is 8.20. The number of nitrogens with one attached hydrogen (secondary N) is 1. The Balaban J connectivity index is 2.30. The number of nitrogens with zero attached hydrogens (tertiary/aromatic N) is 1. The molecule has 1 N–H and O–H groups in total. The quantitative estimate of drug-likeness (QED) is 0.747. The maximum Gasteiger partial charge on any atom is 0.251 e. The molecule has 2 aromatic rings. The van der Waals surface area contributed by atoms with E-state index < -0.39 is 10.0 Å². The standard InChI is InChI=1S/C18H21BrN2O4S/c1-12(13-5-8-15(19)9-6-13)20-18(22)14-7-10-16(25-4)17(11-14)26(23,24)21(2)3/h5-12H,1-4H3,(H,20,22)/t12-/m0/s1. The number of halogens is 1. The highest BCUT2D eigenvalue weighted by Gasteiger charge is 2.24. The summed E-state index contributed by atoms with van der Waals surface area (Å²) in [7, 11) is 0.506. The zero-order valence-corrected chi connectivity index (χ0v) is 17.4. The van der Waals surface area contributed by atoms with Gasteiger partial charge in [0.05, 0.1) is 13.2 Å². The molecule has 6 nitrogen and oxygen atoms in total. The average molecular weight is 441 g/mol. The molecule has 0 radical (unpaired) electrons. The molecule has 1 atom stereocenters. The molecule has 0 heterocycles. The van der Waals surface area contributed by atoms with Crippen molar-refractivity contribution < 1.29 is 17.9 Å². The Kier molecular flexibility index (Phi) is 6.44. The lowest BCUT2D eigenvalue weighted by molar-refractivity contribution is 0.0939. The lowest BCUT2D eigenvalue weighted by Crippen LogP contribution is -2.27. The predicted octanol–water partition coefficient (Wildman–Crippen LogP) is 3.20. The third-order valence-corrected chi connectivity index (χ3v) is 6.27. The van der Waals surface area contributed by atoms with Gasteiger partial charge in [0.2, 0.25) is 10.0 Å². The molecule has 0 saturated heterocycles. The Morgan fingerprint density at radius 2 is 1.77 bits per heavy atom. The number of ether oxygens (including phenoxy) is 1. The summed E-state index contributed by atoms with van der Waals surface area (Å²) in [4.78, 5) is 12.5. The minimum atomic E-state index is -3.74. The van der Waals surface area contributed by atoms with E-state index in [2.05, 4.69) is 21.2 Å². The largest absolute Gasteiger partial charge is 0.495 e. The van der Waals surface area contributed by atoms with E-state index in [1.54, 1.807) is 0 Å². The molecular formula is C18H21BrN2O4S. The van der Waals surface area contributed by atoms with Crippen molar-refractivity contribution in [1.29, 1.82) is 0 Å². The second-order valence-electron chi connectivity index (χ2n) is 5.90. The monoisotopic (exact) mass is 440 g/mol. The number of benzene rings is 2. The lowest BCUT2D eigenvalue weighted by atomic mass is 10.1. The van der Waals surface area contributed by atoms with E-state index >= 15 is 0 Å². The predicted molar refractivity (Wildman–Crippen MR) is 104 cm³/mol. The minimum Gasteiger partial charge on any atom is -0.495 e. The van der Waals surface area contributed by atoms with Crippen molar-refractivity contribution in [3.63, 3.8) is 0 Å². The summed E-state index contributed by atoms with van der Waals surface area (Å²) < 4.78 is 32.1. The van der Waals surface area contributed by atoms with E-state index in [4.69, 9.17) is 4.74 Å². The third-order valence-electron chi connectivity index (χ3n) is 3.90. The van der Waals surface area contributed by atoms with Gasteiger partial charge in [0.1, 0.15) is 10.6 Å². The molecule has 26 heavy (non-hydrogen) atoms. The Morgan fingerprint density at radius 3 is 2.31 bits per heavy atom. The van der Waals surface area contributed by atoms with Crippen LogP contribution in [-0.2, 0) is 10.0 Å². The summed E-state index contributed by atoms with van der Waals surface area (Å²) in [6.07, 6.45) is 0. The molecule has 0 aliphatic rings. The molecule has 2 rings (SSSR count). The number of sulfonamides is 1. The fourth-order valence-corrected chi connectivity index (χ4v) is 3.67. The van der Waals surface area contributed by atoms with Gasteiger partial charge in [-0.1, -0.05) is 28.1 Å². The van der Waals surface area contributed by atoms with Gasteiger partial charge in [-0.15, -0.1) is 0 Å². The van der Waals surface area contributed by atoms with E-state index in [0.29, 0.717) is 0 Å². The van der Waals surface area contributed by atoms with E-state index in [1.807, 2.05) is 31.2 Å². The molecule has 0 spiro atoms. The van der Waals surface area contributed by atoms with Crippen molar-refractivity contribution in [1.82, 2.24) is 9.62 Å². The molecule has 140 valence electrons. The van der Waals surface area contributed by atoms with Gasteiger partial charge in [-0.25, -0.2) is 12.7 Å². The van der Waals surface area contributed by atoms with Crippen LogP contribution < -0.4 is 10.1 Å². The van der Waals surface area contributed by atoms with Crippen LogP contribution in [-0.4, -0.2) is 39.8 Å². The van der Waals surface area contributed by atoms with Crippen LogP contribution in [0.25, 0.3) is 0 Å². The second-order valence-corrected chi connectivity index (χ2v) is 8.94. The molecule has 2 aromatic carbocycles. The van der Waals surface area contributed by atoms with Gasteiger partial charge in [0.25, 0.3) is 5.91 Å². The SMILES string of the molecule is COc1ccc(C(=O)N[C@@H](C)c2ccc(Br)cc2)cc1S(=O)(=O)N(C)C. The smallest absolute Gasteiger partial charge is 0.251 e. The first-order valence-electron chi connectivity index (χ1n) is 7.83. The van der Waals surface area contributed by atoms with Gasteiger partial charge in [-0.3, -0.25) is 4.79 Å². The van der Waals surface area contributed by atoms with Gasteiger partial charge >= 0.3 is 0 Å². The normalized spacial score (nSPS) is 12.7. The first kappa shape index (κ1) is 20.4. The van der Waals surface area contributed by atoms with Crippen LogP contribution in [0.1, 0.15) is 28.9 Å². The Hall–Kier alpha value is -1.90. The van der Waals surface area contributed by atoms with E-state index in [-0.39, 0.29) is 28.2 Å². The average Bonchev–Trinajstić information content (AvgIpc) is 2.61. The zero-order valence-electron chi connectivity index (χ0n) is 15.0. The fraction of sp³-hybridized carbons (Fsp3) is 0.278. The maximum absolute atomic E-state index is 12.6. The Labute approximate surface area is 162 Å². The highest BCUT2D eigenvalue weighted by Crippen LogP contribution is 2.27. The fourth-order valence-electron chi connectivity index (χ4n) is 2.33. The van der Waals surface area contributed by atoms with E-state index in [1.165, 1.54) is 39.4 Å². The van der Waals surface area contributed by atoms with Crippen LogP contribution in [0, 0.1) is 0 Å². The van der Waals surface area contributed by atoms with Crippen molar-refractivity contribution in [2.75, 3.05) is 21.2 Å². The zero-order chi connectivity index (χ0) is 19.5. The number of methoxy groups -OCH3 is 1. The summed E-state index contributed by atoms with van der Waals surface area (Å²) in [6.45, 7) is 1.86. The van der Waals surface area contributed by atoms with Crippen molar-refractivity contribution in [2.24, 2.45) is 0 Å². The van der Waals surface area contributed by atoms with E-state index in [0.717, 1.165) is 14.3 Å². The van der Waals surface area contributed by atoms with Gasteiger partial charge < -0.3 is 10.1 Å². The molecule has 0 saturated carbocycles. The number of hydrogen-bond acceptors (Lipinski definition) is 4. The topological polar surface area (TPSA) is 75.7 Å². The summed E-state index contributed by atoms with van der Waals surface area (Å²) in [6, 6.07) is 11.7. The summed E-state index contributed by atoms with van der Waals surface area (Å²) >= 11 is 3.37. The number of amides is 1. The number of hydrogen-bond donors (Lipinski definition) is 1. The first-order chi connectivity index (χ1) is 12.2. The molecule has 1 amide bonds. The molecule has 8 heteroatoms. The number of rotatable bonds is 6. The number of carbonyl (C=O) groups excluding carboxylic acids is 1. The molecule has 0 aliphatic heterocycles. The van der Waals surface area contributed by atoms with Crippen molar-refractivity contribution in [2.45, 2.75) is 17.9 Å². The molecule has 0 bridgehead atoms. The Bertz CT molecular complexity index is 896. The third kappa shape index (κ3) is 4.44. The van der Waals surface area contributed by atoms with Crippen LogP contribution in [0.2, 0.25) is 0 Å². The summed E-state index contributed by atoms with van der Waals surface area (Å²) in [5, 5.41) is 2.87. The highest BCUT2D eigenvalue weighted by atomic mass is 79.9. The maximum atomic E-state index is 12.6. The molecule has 0 aromatic heterocycles. The van der Waals surface area contributed by atoms with Crippen LogP contribution in [0.15, 0.2) is 51.8 Å². The van der Waals surface area contributed by atoms with Gasteiger partial charge in [-0.2, -0.15) is 0 Å². The lowest BCUT2D eigenvalue weighted by Gasteiger charge is -2.17. The molecule has 0 fully saturated rings. The Morgan fingerprint density at radius 1 is 1.15 bits per heavy atom. The van der Waals surface area contributed by atoms with Gasteiger partial charge in [0.15, 0.2) is 0 Å². The van der Waals surface area contributed by atoms with Crippen molar-refractivity contribution in [3.05, 3.63) is 58.1 Å². The van der Waals surface area contributed by atoms with Gasteiger partial charge in [-0.05, 0) is 42.8 Å². The van der Waals surface area contributed by atoms with Crippen LogP contribution in [0.5, 0.6) is 5.75 Å². The minimum absolute atomic E-state index is 0.0473. The van der Waals surface area contributed by atoms with Crippen LogP contribution in [0.3, 0.4) is 0 Å². The number of carbonyl (C=O) groups is 1. The molecule has 0 unspecified atom stereocenters.